The van der Waals surface area contributed by atoms with Crippen molar-refractivity contribution >= 4 is 16.9 Å². The molecule has 3 heterocycles. The number of nitrogens with zero attached hydrogens (tertiary/aromatic N) is 3. The summed E-state index contributed by atoms with van der Waals surface area (Å²) in [7, 11) is 0. The van der Waals surface area contributed by atoms with Gasteiger partial charge >= 0.3 is 0 Å². The number of furan rings is 1. The summed E-state index contributed by atoms with van der Waals surface area (Å²) in [5.74, 6) is 1.34. The largest absolute Gasteiger partial charge is 0.454 e. The Balaban J connectivity index is 1.41. The lowest BCUT2D eigenvalue weighted by Crippen LogP contribution is -2.40. The van der Waals surface area contributed by atoms with Crippen LogP contribution in [0.5, 0.6) is 0 Å². The first-order valence-corrected chi connectivity index (χ1v) is 11.7. The van der Waals surface area contributed by atoms with Gasteiger partial charge in [0.1, 0.15) is 11.3 Å². The van der Waals surface area contributed by atoms with Gasteiger partial charge in [0, 0.05) is 43.7 Å². The van der Waals surface area contributed by atoms with Crippen LogP contribution in [0.3, 0.4) is 0 Å². The van der Waals surface area contributed by atoms with Crippen LogP contribution in [-0.4, -0.2) is 40.2 Å². The zero-order valence-electron chi connectivity index (χ0n) is 19.0. The quantitative estimate of drug-likeness (QED) is 0.451. The summed E-state index contributed by atoms with van der Waals surface area (Å²) in [6, 6.07) is 20.6. The van der Waals surface area contributed by atoms with Gasteiger partial charge in [-0.05, 0) is 43.0 Å². The fraction of sp³-hybridized carbons (Fsp3) is 0.333. The molecule has 5 rings (SSSR count). The second-order valence-electron chi connectivity index (χ2n) is 9.02. The fourth-order valence-electron chi connectivity index (χ4n) is 4.73. The first-order chi connectivity index (χ1) is 16.1. The maximum absolute atomic E-state index is 11.3. The van der Waals surface area contributed by atoms with Crippen molar-refractivity contribution in [3.8, 4) is 11.5 Å². The molecular formula is C27H30N4O2. The van der Waals surface area contributed by atoms with Gasteiger partial charge in [-0.15, -0.1) is 0 Å². The highest BCUT2D eigenvalue weighted by molar-refractivity contribution is 5.82. The lowest BCUT2D eigenvalue weighted by Gasteiger charge is -2.32. The summed E-state index contributed by atoms with van der Waals surface area (Å²) in [4.78, 5) is 13.8. The molecule has 0 spiro atoms. The van der Waals surface area contributed by atoms with Crippen LogP contribution in [0.15, 0.2) is 71.3 Å². The first kappa shape index (κ1) is 21.5. The Bertz CT molecular complexity index is 1190. The number of nitrogens with one attached hydrogen (secondary N) is 1. The van der Waals surface area contributed by atoms with E-state index in [4.69, 9.17) is 9.52 Å². The summed E-state index contributed by atoms with van der Waals surface area (Å²) in [6.45, 7) is 5.90. The average Bonchev–Trinajstić information content (AvgIpc) is 3.42. The molecule has 0 aliphatic carbocycles. The maximum Gasteiger partial charge on any atom is 0.216 e. The Morgan fingerprint density at radius 1 is 1.12 bits per heavy atom. The highest BCUT2D eigenvalue weighted by Gasteiger charge is 2.23. The first-order valence-electron chi connectivity index (χ1n) is 11.7. The molecule has 4 aromatic rings. The van der Waals surface area contributed by atoms with Crippen LogP contribution < -0.4 is 5.32 Å². The number of rotatable bonds is 7. The van der Waals surface area contributed by atoms with E-state index in [-0.39, 0.29) is 5.91 Å². The minimum atomic E-state index is 0.0430. The molecule has 1 N–H and O–H groups in total. The molecule has 1 atom stereocenters. The van der Waals surface area contributed by atoms with E-state index in [1.807, 2.05) is 28.9 Å². The minimum Gasteiger partial charge on any atom is -0.454 e. The van der Waals surface area contributed by atoms with Crippen molar-refractivity contribution in [2.75, 3.05) is 19.6 Å². The number of para-hydroxylation sites is 1. The standard InChI is InChI=1S/C27H30N4O2/c1-20(32)28-15-22-10-7-13-30(16-22)18-24-19-31(17-21-8-3-2-4-9-21)29-27(24)26-14-23-11-5-6-12-25(23)33-26/h2-6,8-9,11-12,14,19,22H,7,10,13,15-18H2,1H3,(H,28,32)/t22-/m0/s1. The normalized spacial score (nSPS) is 16.8. The van der Waals surface area contributed by atoms with Crippen LogP contribution in [0.2, 0.25) is 0 Å². The smallest absolute Gasteiger partial charge is 0.216 e. The van der Waals surface area contributed by atoms with E-state index in [1.165, 1.54) is 11.1 Å². The van der Waals surface area contributed by atoms with E-state index in [1.54, 1.807) is 6.92 Å². The molecule has 1 aliphatic heterocycles. The molecule has 0 unspecified atom stereocenters. The van der Waals surface area contributed by atoms with Gasteiger partial charge in [0.05, 0.1) is 6.54 Å². The summed E-state index contributed by atoms with van der Waals surface area (Å²) < 4.78 is 8.21. The third kappa shape index (κ3) is 5.17. The molecule has 1 fully saturated rings. The molecular weight excluding hydrogens is 412 g/mol. The van der Waals surface area contributed by atoms with Gasteiger partial charge in [0.15, 0.2) is 5.76 Å². The van der Waals surface area contributed by atoms with E-state index in [0.717, 1.165) is 68.0 Å². The van der Waals surface area contributed by atoms with E-state index in [2.05, 4.69) is 52.8 Å². The van der Waals surface area contributed by atoms with Gasteiger partial charge in [-0.2, -0.15) is 5.10 Å². The number of piperidine rings is 1. The lowest BCUT2D eigenvalue weighted by molar-refractivity contribution is -0.119. The van der Waals surface area contributed by atoms with Gasteiger partial charge in [-0.3, -0.25) is 14.4 Å². The second-order valence-corrected chi connectivity index (χ2v) is 9.02. The van der Waals surface area contributed by atoms with Crippen LogP contribution in [0.1, 0.15) is 30.9 Å². The number of hydrogen-bond donors (Lipinski definition) is 1. The molecule has 0 radical (unpaired) electrons. The van der Waals surface area contributed by atoms with Gasteiger partial charge < -0.3 is 9.73 Å². The number of amides is 1. The van der Waals surface area contributed by atoms with Crippen molar-refractivity contribution < 1.29 is 9.21 Å². The summed E-state index contributed by atoms with van der Waals surface area (Å²) >= 11 is 0. The van der Waals surface area contributed by atoms with E-state index in [9.17, 15) is 4.79 Å². The van der Waals surface area contributed by atoms with Crippen LogP contribution in [-0.2, 0) is 17.9 Å². The molecule has 0 saturated carbocycles. The highest BCUT2D eigenvalue weighted by atomic mass is 16.3. The number of aromatic nitrogens is 2. The number of benzene rings is 2. The Morgan fingerprint density at radius 3 is 2.76 bits per heavy atom. The van der Waals surface area contributed by atoms with Gasteiger partial charge in [0.25, 0.3) is 0 Å². The predicted octanol–water partition coefficient (Wildman–Crippen LogP) is 4.69. The SMILES string of the molecule is CC(=O)NC[C@@H]1CCCN(Cc2cn(Cc3ccccc3)nc2-c2cc3ccccc3o2)C1. The number of likely N-dealkylation sites (tertiary alicyclic amines) is 1. The molecule has 33 heavy (non-hydrogen) atoms. The Labute approximate surface area is 194 Å². The van der Waals surface area contributed by atoms with Crippen molar-refractivity contribution in [2.24, 2.45) is 5.92 Å². The summed E-state index contributed by atoms with van der Waals surface area (Å²) in [5.41, 5.74) is 4.18. The van der Waals surface area contributed by atoms with Crippen molar-refractivity contribution in [3.63, 3.8) is 0 Å². The molecule has 1 saturated heterocycles. The van der Waals surface area contributed by atoms with Gasteiger partial charge in [-0.25, -0.2) is 0 Å². The molecule has 6 heteroatoms. The predicted molar refractivity (Wildman–Crippen MR) is 130 cm³/mol. The summed E-state index contributed by atoms with van der Waals surface area (Å²) in [6.07, 6.45) is 4.45. The Morgan fingerprint density at radius 2 is 1.94 bits per heavy atom. The second kappa shape index (κ2) is 9.63. The average molecular weight is 443 g/mol. The van der Waals surface area contributed by atoms with E-state index < -0.39 is 0 Å². The molecule has 170 valence electrons. The van der Waals surface area contributed by atoms with Gasteiger partial charge in [-0.1, -0.05) is 48.5 Å². The fourth-order valence-corrected chi connectivity index (χ4v) is 4.73. The monoisotopic (exact) mass is 442 g/mol. The van der Waals surface area contributed by atoms with Crippen LogP contribution >= 0.6 is 0 Å². The zero-order chi connectivity index (χ0) is 22.6. The maximum atomic E-state index is 11.3. The third-order valence-electron chi connectivity index (χ3n) is 6.32. The molecule has 0 bridgehead atoms. The third-order valence-corrected chi connectivity index (χ3v) is 6.32. The zero-order valence-corrected chi connectivity index (χ0v) is 19.0. The molecule has 1 amide bonds. The molecule has 1 aliphatic rings. The van der Waals surface area contributed by atoms with Crippen molar-refractivity contribution in [2.45, 2.75) is 32.9 Å². The number of carbonyl (C=O) groups excluding carboxylic acids is 1. The van der Waals surface area contributed by atoms with E-state index >= 15 is 0 Å². The topological polar surface area (TPSA) is 63.3 Å². The number of hydrogen-bond acceptors (Lipinski definition) is 4. The molecule has 2 aromatic heterocycles. The minimum absolute atomic E-state index is 0.0430. The summed E-state index contributed by atoms with van der Waals surface area (Å²) in [5, 5.41) is 9.03. The Kier molecular flexibility index (Phi) is 6.26. The molecule has 2 aromatic carbocycles. The molecule has 6 nitrogen and oxygen atoms in total. The Hall–Kier alpha value is -3.38. The van der Waals surface area contributed by atoms with Crippen molar-refractivity contribution in [1.29, 1.82) is 0 Å². The number of carbonyl (C=O) groups is 1. The van der Waals surface area contributed by atoms with Crippen LogP contribution in [0, 0.1) is 5.92 Å². The lowest BCUT2D eigenvalue weighted by atomic mass is 9.97. The number of fused-ring (bicyclic) bond motifs is 1. The highest BCUT2D eigenvalue weighted by Crippen LogP contribution is 2.30. The van der Waals surface area contributed by atoms with Crippen molar-refractivity contribution in [3.05, 3.63) is 78.0 Å². The van der Waals surface area contributed by atoms with Crippen LogP contribution in [0.25, 0.3) is 22.4 Å². The van der Waals surface area contributed by atoms with Gasteiger partial charge in [0.2, 0.25) is 5.91 Å². The van der Waals surface area contributed by atoms with Crippen molar-refractivity contribution in [1.82, 2.24) is 20.0 Å². The van der Waals surface area contributed by atoms with E-state index in [0.29, 0.717) is 5.92 Å². The van der Waals surface area contributed by atoms with Crippen LogP contribution in [0.4, 0.5) is 0 Å².